The summed E-state index contributed by atoms with van der Waals surface area (Å²) in [6, 6.07) is 14.2. The number of aromatic hydroxyl groups is 1. The fourth-order valence-electron chi connectivity index (χ4n) is 2.22. The number of aryl methyl sites for hydroxylation is 1. The van der Waals surface area contributed by atoms with Gasteiger partial charge in [-0.15, -0.1) is 10.2 Å². The van der Waals surface area contributed by atoms with Crippen LogP contribution in [0.15, 0.2) is 63.2 Å². The lowest BCUT2D eigenvalue weighted by molar-refractivity contribution is 0.0995. The maximum atomic E-state index is 12.0. The molecule has 3 aromatic rings. The van der Waals surface area contributed by atoms with Crippen LogP contribution in [0, 0.1) is 0 Å². The number of carbonyl (C=O) groups is 1. The van der Waals surface area contributed by atoms with E-state index in [0.717, 1.165) is 15.4 Å². The van der Waals surface area contributed by atoms with Gasteiger partial charge in [0.25, 0.3) is 5.91 Å². The zero-order valence-corrected chi connectivity index (χ0v) is 13.3. The topological polar surface area (TPSA) is 66.9 Å². The van der Waals surface area contributed by atoms with Gasteiger partial charge in [-0.2, -0.15) is 0 Å². The van der Waals surface area contributed by atoms with Crippen molar-refractivity contribution < 1.29 is 9.90 Å². The zero-order chi connectivity index (χ0) is 15.7. The molecule has 2 aromatic carbocycles. The van der Waals surface area contributed by atoms with E-state index in [-0.39, 0.29) is 11.6 Å². The molecule has 1 aromatic heterocycles. The standard InChI is InChI=1S/C16H12BrN3O2/c1-20-13-8-7-11(17)9-12(13)14(16(20)22)18-19-15(21)10-5-3-2-4-6-10/h2-9,22H,1H3. The summed E-state index contributed by atoms with van der Waals surface area (Å²) >= 11 is 3.39. The van der Waals surface area contributed by atoms with Crippen LogP contribution in [0.5, 0.6) is 5.88 Å². The molecule has 0 atom stereocenters. The maximum absolute atomic E-state index is 12.0. The Morgan fingerprint density at radius 1 is 1.18 bits per heavy atom. The third kappa shape index (κ3) is 2.53. The number of hydrogen-bond acceptors (Lipinski definition) is 3. The molecule has 0 aliphatic carbocycles. The molecule has 110 valence electrons. The van der Waals surface area contributed by atoms with Crippen molar-refractivity contribution in [2.45, 2.75) is 0 Å². The summed E-state index contributed by atoms with van der Waals surface area (Å²) in [6.07, 6.45) is 0. The van der Waals surface area contributed by atoms with Crippen molar-refractivity contribution in [3.8, 4) is 5.88 Å². The summed E-state index contributed by atoms with van der Waals surface area (Å²) in [4.78, 5) is 12.0. The van der Waals surface area contributed by atoms with Crippen molar-refractivity contribution in [2.24, 2.45) is 17.3 Å². The average molecular weight is 358 g/mol. The Kier molecular flexibility index (Phi) is 3.77. The molecule has 0 bridgehead atoms. The number of hydrogen-bond donors (Lipinski definition) is 1. The van der Waals surface area contributed by atoms with E-state index in [4.69, 9.17) is 0 Å². The molecule has 0 unspecified atom stereocenters. The normalized spacial score (nSPS) is 11.4. The second-order valence-electron chi connectivity index (χ2n) is 4.76. The van der Waals surface area contributed by atoms with Crippen molar-refractivity contribution in [1.29, 1.82) is 0 Å². The zero-order valence-electron chi connectivity index (χ0n) is 11.7. The van der Waals surface area contributed by atoms with Crippen LogP contribution in [-0.2, 0) is 7.05 Å². The smallest absolute Gasteiger partial charge is 0.295 e. The summed E-state index contributed by atoms with van der Waals surface area (Å²) in [5.41, 5.74) is 1.54. The number of carbonyl (C=O) groups excluding carboxylic acids is 1. The molecule has 0 fully saturated rings. The lowest BCUT2D eigenvalue weighted by atomic mass is 10.2. The summed E-state index contributed by atoms with van der Waals surface area (Å²) in [6.45, 7) is 0. The van der Waals surface area contributed by atoms with Crippen LogP contribution < -0.4 is 0 Å². The minimum absolute atomic E-state index is 0.0299. The summed E-state index contributed by atoms with van der Waals surface area (Å²) < 4.78 is 2.46. The van der Waals surface area contributed by atoms with Gasteiger partial charge in [-0.05, 0) is 30.3 Å². The molecule has 0 aliphatic rings. The second-order valence-corrected chi connectivity index (χ2v) is 5.68. The Hall–Kier alpha value is -2.47. The van der Waals surface area contributed by atoms with Crippen LogP contribution in [0.2, 0.25) is 0 Å². The molecule has 0 radical (unpaired) electrons. The van der Waals surface area contributed by atoms with Crippen molar-refractivity contribution >= 4 is 38.4 Å². The minimum Gasteiger partial charge on any atom is -0.493 e. The van der Waals surface area contributed by atoms with Crippen molar-refractivity contribution in [2.75, 3.05) is 0 Å². The quantitative estimate of drug-likeness (QED) is 0.682. The van der Waals surface area contributed by atoms with Gasteiger partial charge in [0.2, 0.25) is 5.88 Å². The first kappa shape index (κ1) is 14.5. The SMILES string of the molecule is Cn1c(O)c(N=NC(=O)c2ccccc2)c2cc(Br)ccc21. The molecule has 1 N–H and O–H groups in total. The molecule has 0 aliphatic heterocycles. The van der Waals surface area contributed by atoms with Gasteiger partial charge in [0, 0.05) is 22.5 Å². The molecule has 6 heteroatoms. The number of amides is 1. The highest BCUT2D eigenvalue weighted by molar-refractivity contribution is 9.10. The van der Waals surface area contributed by atoms with Crippen LogP contribution in [0.3, 0.4) is 0 Å². The van der Waals surface area contributed by atoms with E-state index in [2.05, 4.69) is 26.2 Å². The highest BCUT2D eigenvalue weighted by Crippen LogP contribution is 2.39. The van der Waals surface area contributed by atoms with E-state index in [1.54, 1.807) is 35.9 Å². The predicted molar refractivity (Wildman–Crippen MR) is 87.6 cm³/mol. The molecular formula is C16H12BrN3O2. The Morgan fingerprint density at radius 3 is 2.64 bits per heavy atom. The minimum atomic E-state index is -0.452. The highest BCUT2D eigenvalue weighted by atomic mass is 79.9. The Labute approximate surface area is 135 Å². The van der Waals surface area contributed by atoms with Gasteiger partial charge in [-0.3, -0.25) is 4.79 Å². The van der Waals surface area contributed by atoms with Gasteiger partial charge in [0.15, 0.2) is 5.69 Å². The Balaban J connectivity index is 2.04. The van der Waals surface area contributed by atoms with Gasteiger partial charge in [-0.1, -0.05) is 34.1 Å². The summed E-state index contributed by atoms with van der Waals surface area (Å²) in [5.74, 6) is -0.482. The van der Waals surface area contributed by atoms with Crippen LogP contribution in [0.1, 0.15) is 10.4 Å². The first-order valence-corrected chi connectivity index (χ1v) is 7.35. The van der Waals surface area contributed by atoms with Gasteiger partial charge < -0.3 is 9.67 Å². The lowest BCUT2D eigenvalue weighted by Gasteiger charge is -1.96. The van der Waals surface area contributed by atoms with E-state index in [1.807, 2.05) is 24.3 Å². The van der Waals surface area contributed by atoms with Crippen LogP contribution in [0.25, 0.3) is 10.9 Å². The number of rotatable bonds is 2. The number of nitrogens with zero attached hydrogens (tertiary/aromatic N) is 3. The number of fused-ring (bicyclic) bond motifs is 1. The van der Waals surface area contributed by atoms with Crippen LogP contribution in [-0.4, -0.2) is 15.6 Å². The molecule has 0 spiro atoms. The summed E-state index contributed by atoms with van der Waals surface area (Å²) in [5, 5.41) is 18.6. The third-order valence-corrected chi connectivity index (χ3v) is 3.86. The van der Waals surface area contributed by atoms with E-state index in [9.17, 15) is 9.90 Å². The fourth-order valence-corrected chi connectivity index (χ4v) is 2.58. The average Bonchev–Trinajstić information content (AvgIpc) is 2.77. The van der Waals surface area contributed by atoms with Gasteiger partial charge >= 0.3 is 0 Å². The number of azo groups is 1. The van der Waals surface area contributed by atoms with E-state index in [0.29, 0.717) is 5.56 Å². The maximum Gasteiger partial charge on any atom is 0.295 e. The van der Waals surface area contributed by atoms with Crippen LogP contribution >= 0.6 is 15.9 Å². The molecule has 0 saturated carbocycles. The van der Waals surface area contributed by atoms with E-state index < -0.39 is 5.91 Å². The van der Waals surface area contributed by atoms with Gasteiger partial charge in [0.05, 0.1) is 5.52 Å². The molecule has 22 heavy (non-hydrogen) atoms. The first-order chi connectivity index (χ1) is 10.6. The monoisotopic (exact) mass is 357 g/mol. The third-order valence-electron chi connectivity index (χ3n) is 3.37. The largest absolute Gasteiger partial charge is 0.493 e. The van der Waals surface area contributed by atoms with Crippen molar-refractivity contribution in [3.05, 3.63) is 58.6 Å². The Bertz CT molecular complexity index is 885. The second kappa shape index (κ2) is 5.73. The van der Waals surface area contributed by atoms with Crippen molar-refractivity contribution in [1.82, 2.24) is 4.57 Å². The van der Waals surface area contributed by atoms with Crippen molar-refractivity contribution in [3.63, 3.8) is 0 Å². The predicted octanol–water partition coefficient (Wildman–Crippen LogP) is 4.57. The molecule has 0 saturated heterocycles. The van der Waals surface area contributed by atoms with Gasteiger partial charge in [0.1, 0.15) is 0 Å². The Morgan fingerprint density at radius 2 is 1.91 bits per heavy atom. The highest BCUT2D eigenvalue weighted by Gasteiger charge is 2.15. The molecule has 3 rings (SSSR count). The van der Waals surface area contributed by atoms with E-state index in [1.165, 1.54) is 0 Å². The van der Waals surface area contributed by atoms with Gasteiger partial charge in [-0.25, -0.2) is 0 Å². The number of benzene rings is 2. The number of aromatic nitrogens is 1. The lowest BCUT2D eigenvalue weighted by Crippen LogP contribution is -1.91. The molecular weight excluding hydrogens is 346 g/mol. The van der Waals surface area contributed by atoms with E-state index >= 15 is 0 Å². The molecule has 1 heterocycles. The molecule has 1 amide bonds. The summed E-state index contributed by atoms with van der Waals surface area (Å²) in [7, 11) is 1.73. The number of halogens is 1. The van der Waals surface area contributed by atoms with Crippen LogP contribution in [0.4, 0.5) is 5.69 Å². The fraction of sp³-hybridized carbons (Fsp3) is 0.0625. The first-order valence-electron chi connectivity index (χ1n) is 6.56. The molecule has 5 nitrogen and oxygen atoms in total.